The number of likely N-dealkylation sites (tertiary alicyclic amines) is 1. The zero-order chi connectivity index (χ0) is 20.9. The number of nitrogens with one attached hydrogen (secondary N) is 1. The van der Waals surface area contributed by atoms with Crippen molar-refractivity contribution in [1.82, 2.24) is 15.2 Å². The maximum atomic E-state index is 12.3. The van der Waals surface area contributed by atoms with Crippen molar-refractivity contribution in [1.29, 1.82) is 0 Å². The maximum absolute atomic E-state index is 12.3. The Morgan fingerprint density at radius 3 is 2.87 bits per heavy atom. The largest absolute Gasteiger partial charge is 0.481 e. The van der Waals surface area contributed by atoms with Crippen LogP contribution < -0.4 is 10.1 Å². The van der Waals surface area contributed by atoms with Crippen molar-refractivity contribution < 1.29 is 14.3 Å². The molecular weight excluding hydrogens is 402 g/mol. The number of halogens is 1. The van der Waals surface area contributed by atoms with Crippen LogP contribution in [0.1, 0.15) is 24.0 Å². The second-order valence-electron chi connectivity index (χ2n) is 7.25. The number of rotatable bonds is 7. The van der Waals surface area contributed by atoms with Crippen molar-refractivity contribution in [2.24, 2.45) is 0 Å². The molecule has 30 heavy (non-hydrogen) atoms. The summed E-state index contributed by atoms with van der Waals surface area (Å²) >= 11 is 6.19. The van der Waals surface area contributed by atoms with Crippen molar-refractivity contribution in [2.45, 2.75) is 25.9 Å². The smallest absolute Gasteiger partial charge is 0.258 e. The Hall–Kier alpha value is -3.12. The highest BCUT2D eigenvalue weighted by Gasteiger charge is 2.20. The molecule has 1 saturated heterocycles. The Morgan fingerprint density at radius 2 is 2.03 bits per heavy atom. The Labute approximate surface area is 179 Å². The van der Waals surface area contributed by atoms with E-state index >= 15 is 0 Å². The Kier molecular flexibility index (Phi) is 6.14. The van der Waals surface area contributed by atoms with Gasteiger partial charge in [-0.1, -0.05) is 35.9 Å². The quantitative estimate of drug-likeness (QED) is 0.629. The lowest BCUT2D eigenvalue weighted by atomic mass is 10.1. The number of pyridine rings is 1. The predicted octanol–water partition coefficient (Wildman–Crippen LogP) is 3.71. The van der Waals surface area contributed by atoms with Gasteiger partial charge in [0.2, 0.25) is 5.91 Å². The number of nitrogens with zero attached hydrogens (tertiary/aromatic N) is 2. The van der Waals surface area contributed by atoms with Crippen LogP contribution in [0.3, 0.4) is 0 Å². The lowest BCUT2D eigenvalue weighted by Crippen LogP contribution is -2.28. The van der Waals surface area contributed by atoms with Gasteiger partial charge in [0, 0.05) is 37.6 Å². The molecule has 0 radical (unpaired) electrons. The minimum absolute atomic E-state index is 0.116. The van der Waals surface area contributed by atoms with E-state index in [2.05, 4.69) is 10.3 Å². The normalized spacial score (nSPS) is 13.6. The molecule has 0 bridgehead atoms. The number of carbonyl (C=O) groups excluding carboxylic acids is 2. The molecule has 0 saturated carbocycles. The standard InChI is InChI=1S/C23H22ClN3O3/c24-19-8-9-20(23-18(19)6-2-10-25-23)30-15-21(28)26-13-16-4-1-5-17(12-16)14-27-11-3-7-22(27)29/h1-2,4-6,8-10,12H,3,7,11,13-15H2,(H,26,28). The van der Waals surface area contributed by atoms with Crippen LogP contribution >= 0.6 is 11.6 Å². The molecular formula is C23H22ClN3O3. The van der Waals surface area contributed by atoms with E-state index in [0.717, 1.165) is 29.5 Å². The van der Waals surface area contributed by atoms with Crippen LogP contribution in [-0.4, -0.2) is 34.8 Å². The zero-order valence-electron chi connectivity index (χ0n) is 16.4. The van der Waals surface area contributed by atoms with Gasteiger partial charge in [-0.3, -0.25) is 14.6 Å². The van der Waals surface area contributed by atoms with E-state index in [0.29, 0.717) is 35.8 Å². The van der Waals surface area contributed by atoms with Crippen LogP contribution in [0.2, 0.25) is 5.02 Å². The summed E-state index contributed by atoms with van der Waals surface area (Å²) in [6.45, 7) is 1.70. The number of amides is 2. The van der Waals surface area contributed by atoms with Gasteiger partial charge in [-0.15, -0.1) is 0 Å². The molecule has 2 heterocycles. The lowest BCUT2D eigenvalue weighted by molar-refractivity contribution is -0.128. The summed E-state index contributed by atoms with van der Waals surface area (Å²) in [5.41, 5.74) is 2.67. The number of fused-ring (bicyclic) bond motifs is 1. The summed E-state index contributed by atoms with van der Waals surface area (Å²) < 4.78 is 5.67. The zero-order valence-corrected chi connectivity index (χ0v) is 17.2. The van der Waals surface area contributed by atoms with Crippen molar-refractivity contribution in [2.75, 3.05) is 13.2 Å². The van der Waals surface area contributed by atoms with Gasteiger partial charge in [0.25, 0.3) is 5.91 Å². The molecule has 0 aliphatic carbocycles. The third-order valence-electron chi connectivity index (χ3n) is 5.06. The molecule has 154 valence electrons. The minimum Gasteiger partial charge on any atom is -0.481 e. The highest BCUT2D eigenvalue weighted by Crippen LogP contribution is 2.29. The molecule has 3 aromatic rings. The monoisotopic (exact) mass is 423 g/mol. The Morgan fingerprint density at radius 1 is 1.17 bits per heavy atom. The second kappa shape index (κ2) is 9.13. The van der Waals surface area contributed by atoms with E-state index in [-0.39, 0.29) is 18.4 Å². The fraction of sp³-hybridized carbons (Fsp3) is 0.261. The van der Waals surface area contributed by atoms with Gasteiger partial charge in [-0.25, -0.2) is 0 Å². The fourth-order valence-corrected chi connectivity index (χ4v) is 3.77. The van der Waals surface area contributed by atoms with Crippen LogP contribution in [0.4, 0.5) is 0 Å². The maximum Gasteiger partial charge on any atom is 0.258 e. The number of ether oxygens (including phenoxy) is 1. The van der Waals surface area contributed by atoms with Gasteiger partial charge in [0.1, 0.15) is 11.3 Å². The molecule has 7 heteroatoms. The summed E-state index contributed by atoms with van der Waals surface area (Å²) in [5, 5.41) is 4.24. The Bertz CT molecular complexity index is 1090. The number of benzene rings is 2. The van der Waals surface area contributed by atoms with Crippen molar-refractivity contribution in [3.63, 3.8) is 0 Å². The molecule has 1 N–H and O–H groups in total. The minimum atomic E-state index is -0.228. The highest BCUT2D eigenvalue weighted by molar-refractivity contribution is 6.35. The van der Waals surface area contributed by atoms with Crippen LogP contribution in [0.5, 0.6) is 5.75 Å². The van der Waals surface area contributed by atoms with Gasteiger partial charge in [-0.05, 0) is 41.8 Å². The third-order valence-corrected chi connectivity index (χ3v) is 5.39. The van der Waals surface area contributed by atoms with Gasteiger partial charge in [0.15, 0.2) is 6.61 Å². The topological polar surface area (TPSA) is 71.5 Å². The molecule has 1 fully saturated rings. The van der Waals surface area contributed by atoms with Crippen LogP contribution in [0.15, 0.2) is 54.7 Å². The van der Waals surface area contributed by atoms with E-state index in [1.807, 2.05) is 35.2 Å². The first-order chi connectivity index (χ1) is 14.6. The molecule has 0 atom stereocenters. The molecule has 1 aliphatic heterocycles. The summed E-state index contributed by atoms with van der Waals surface area (Å²) in [5.74, 6) is 0.492. The molecule has 1 aromatic heterocycles. The van der Waals surface area contributed by atoms with Gasteiger partial charge in [0.05, 0.1) is 5.02 Å². The number of hydrogen-bond acceptors (Lipinski definition) is 4. The molecule has 2 aromatic carbocycles. The molecule has 2 amide bonds. The van der Waals surface area contributed by atoms with Crippen LogP contribution in [0.25, 0.3) is 10.9 Å². The average Bonchev–Trinajstić information content (AvgIpc) is 3.16. The van der Waals surface area contributed by atoms with Crippen LogP contribution in [-0.2, 0) is 22.7 Å². The number of carbonyl (C=O) groups is 2. The van der Waals surface area contributed by atoms with Gasteiger partial charge < -0.3 is 15.0 Å². The average molecular weight is 424 g/mol. The molecule has 0 spiro atoms. The molecule has 0 unspecified atom stereocenters. The summed E-state index contributed by atoms with van der Waals surface area (Å²) in [4.78, 5) is 30.2. The predicted molar refractivity (Wildman–Crippen MR) is 115 cm³/mol. The summed E-state index contributed by atoms with van der Waals surface area (Å²) in [6, 6.07) is 15.0. The Balaban J connectivity index is 1.32. The van der Waals surface area contributed by atoms with E-state index in [4.69, 9.17) is 16.3 Å². The molecule has 1 aliphatic rings. The van der Waals surface area contributed by atoms with E-state index < -0.39 is 0 Å². The van der Waals surface area contributed by atoms with Crippen molar-refractivity contribution in [3.8, 4) is 5.75 Å². The van der Waals surface area contributed by atoms with Gasteiger partial charge in [-0.2, -0.15) is 0 Å². The first-order valence-corrected chi connectivity index (χ1v) is 10.3. The van der Waals surface area contributed by atoms with Crippen molar-refractivity contribution in [3.05, 3.63) is 70.9 Å². The summed E-state index contributed by atoms with van der Waals surface area (Å²) in [6.07, 6.45) is 3.22. The fourth-order valence-electron chi connectivity index (χ4n) is 3.55. The highest BCUT2D eigenvalue weighted by atomic mass is 35.5. The summed E-state index contributed by atoms with van der Waals surface area (Å²) in [7, 11) is 0. The third kappa shape index (κ3) is 4.71. The number of hydrogen-bond donors (Lipinski definition) is 1. The van der Waals surface area contributed by atoms with E-state index in [1.165, 1.54) is 0 Å². The first kappa shape index (κ1) is 20.2. The van der Waals surface area contributed by atoms with E-state index in [1.54, 1.807) is 24.4 Å². The van der Waals surface area contributed by atoms with Gasteiger partial charge >= 0.3 is 0 Å². The molecule has 6 nitrogen and oxygen atoms in total. The molecule has 4 rings (SSSR count). The first-order valence-electron chi connectivity index (χ1n) is 9.88. The lowest BCUT2D eigenvalue weighted by Gasteiger charge is -2.16. The second-order valence-corrected chi connectivity index (χ2v) is 7.66. The SMILES string of the molecule is O=C(COc1ccc(Cl)c2cccnc12)NCc1cccc(CN2CCCC2=O)c1. The van der Waals surface area contributed by atoms with Crippen LogP contribution in [0, 0.1) is 0 Å². The van der Waals surface area contributed by atoms with Crippen molar-refractivity contribution >= 4 is 34.3 Å². The number of aromatic nitrogens is 1. The van der Waals surface area contributed by atoms with E-state index in [9.17, 15) is 9.59 Å².